The van der Waals surface area contributed by atoms with Crippen LogP contribution in [0.3, 0.4) is 0 Å². The lowest BCUT2D eigenvalue weighted by atomic mass is 10.2. The van der Waals surface area contributed by atoms with E-state index in [4.69, 9.17) is 9.72 Å². The number of unbranched alkanes of at least 4 members (excludes halogenated alkanes) is 1. The Labute approximate surface area is 167 Å². The zero-order valence-corrected chi connectivity index (χ0v) is 16.8. The minimum Gasteiger partial charge on any atom is -0.376 e. The SMILES string of the molecule is CCCCn1nnnc1CSc1nc2ccccc2c(=O)n1CC1CCCO1. The van der Waals surface area contributed by atoms with Crippen molar-refractivity contribution in [2.75, 3.05) is 6.61 Å². The van der Waals surface area contributed by atoms with Crippen LogP contribution < -0.4 is 5.56 Å². The molecule has 3 heterocycles. The minimum absolute atomic E-state index is 0.0193. The zero-order chi connectivity index (χ0) is 19.3. The number of aromatic nitrogens is 6. The zero-order valence-electron chi connectivity index (χ0n) is 16.0. The van der Waals surface area contributed by atoms with Gasteiger partial charge in [0.15, 0.2) is 11.0 Å². The van der Waals surface area contributed by atoms with E-state index in [9.17, 15) is 4.79 Å². The average molecular weight is 401 g/mol. The standard InChI is InChI=1S/C19H24N6O2S/c1-2-3-10-25-17(21-22-23-25)13-28-19-20-16-9-5-4-8-15(16)18(26)24(19)12-14-7-6-11-27-14/h4-5,8-9,14H,2-3,6-7,10-13H2,1H3. The largest absolute Gasteiger partial charge is 0.376 e. The molecular weight excluding hydrogens is 376 g/mol. The van der Waals surface area contributed by atoms with Crippen molar-refractivity contribution in [1.29, 1.82) is 0 Å². The van der Waals surface area contributed by atoms with Gasteiger partial charge >= 0.3 is 0 Å². The molecule has 9 heteroatoms. The highest BCUT2D eigenvalue weighted by atomic mass is 32.2. The first-order valence-corrected chi connectivity index (χ1v) is 10.7. The molecule has 3 aromatic rings. The van der Waals surface area contributed by atoms with Crippen molar-refractivity contribution in [2.45, 2.75) is 62.7 Å². The van der Waals surface area contributed by atoms with Gasteiger partial charge < -0.3 is 4.74 Å². The van der Waals surface area contributed by atoms with E-state index in [1.807, 2.05) is 28.9 Å². The van der Waals surface area contributed by atoms with Crippen LogP contribution in [0.15, 0.2) is 34.2 Å². The van der Waals surface area contributed by atoms with E-state index in [2.05, 4.69) is 22.4 Å². The summed E-state index contributed by atoms with van der Waals surface area (Å²) < 4.78 is 9.35. The second kappa shape index (κ2) is 8.83. The molecule has 2 aromatic heterocycles. The van der Waals surface area contributed by atoms with Crippen LogP contribution in [0.5, 0.6) is 0 Å². The van der Waals surface area contributed by atoms with Crippen molar-refractivity contribution in [1.82, 2.24) is 29.8 Å². The molecule has 0 spiro atoms. The number of rotatable bonds is 8. The van der Waals surface area contributed by atoms with E-state index >= 15 is 0 Å². The van der Waals surface area contributed by atoms with E-state index in [0.29, 0.717) is 28.4 Å². The normalized spacial score (nSPS) is 16.8. The molecule has 28 heavy (non-hydrogen) atoms. The maximum atomic E-state index is 13.1. The van der Waals surface area contributed by atoms with E-state index in [0.717, 1.165) is 44.7 Å². The topological polar surface area (TPSA) is 87.7 Å². The highest BCUT2D eigenvalue weighted by Crippen LogP contribution is 2.23. The van der Waals surface area contributed by atoms with Gasteiger partial charge in [-0.2, -0.15) is 0 Å². The van der Waals surface area contributed by atoms with Gasteiger partial charge in [0.25, 0.3) is 5.56 Å². The molecule has 0 N–H and O–H groups in total. The second-order valence-electron chi connectivity index (χ2n) is 6.92. The number of fused-ring (bicyclic) bond motifs is 1. The Balaban J connectivity index is 1.63. The Morgan fingerprint density at radius 3 is 3.04 bits per heavy atom. The summed E-state index contributed by atoms with van der Waals surface area (Å²) >= 11 is 1.50. The number of nitrogens with zero attached hydrogens (tertiary/aromatic N) is 6. The number of hydrogen-bond donors (Lipinski definition) is 0. The van der Waals surface area contributed by atoms with E-state index < -0.39 is 0 Å². The molecule has 1 unspecified atom stereocenters. The predicted octanol–water partition coefficient (Wildman–Crippen LogP) is 2.65. The first-order valence-electron chi connectivity index (χ1n) is 9.75. The number of benzene rings is 1. The van der Waals surface area contributed by atoms with Gasteiger partial charge in [-0.25, -0.2) is 9.67 Å². The van der Waals surface area contributed by atoms with Crippen LogP contribution in [0.4, 0.5) is 0 Å². The second-order valence-corrected chi connectivity index (χ2v) is 7.87. The van der Waals surface area contributed by atoms with E-state index in [-0.39, 0.29) is 11.7 Å². The smallest absolute Gasteiger partial charge is 0.262 e. The number of para-hydroxylation sites is 1. The molecule has 0 aliphatic carbocycles. The summed E-state index contributed by atoms with van der Waals surface area (Å²) in [5.41, 5.74) is 0.693. The van der Waals surface area contributed by atoms with Gasteiger partial charge in [0, 0.05) is 13.2 Å². The molecule has 1 saturated heterocycles. The minimum atomic E-state index is -0.0193. The van der Waals surface area contributed by atoms with Crippen molar-refractivity contribution in [2.24, 2.45) is 0 Å². The summed E-state index contributed by atoms with van der Waals surface area (Å²) in [7, 11) is 0. The Morgan fingerprint density at radius 1 is 1.32 bits per heavy atom. The Bertz CT molecular complexity index is 995. The number of thioether (sulfide) groups is 1. The fourth-order valence-electron chi connectivity index (χ4n) is 3.35. The van der Waals surface area contributed by atoms with Crippen LogP contribution in [-0.4, -0.2) is 42.5 Å². The van der Waals surface area contributed by atoms with Crippen molar-refractivity contribution >= 4 is 22.7 Å². The molecule has 0 bridgehead atoms. The molecule has 8 nitrogen and oxygen atoms in total. The van der Waals surface area contributed by atoms with E-state index in [1.54, 1.807) is 4.57 Å². The van der Waals surface area contributed by atoms with Crippen LogP contribution in [0, 0.1) is 0 Å². The predicted molar refractivity (Wildman–Crippen MR) is 107 cm³/mol. The molecule has 1 aliphatic rings. The summed E-state index contributed by atoms with van der Waals surface area (Å²) in [6.45, 7) is 4.23. The third-order valence-electron chi connectivity index (χ3n) is 4.90. The van der Waals surface area contributed by atoms with Gasteiger partial charge in [0.2, 0.25) is 0 Å². The van der Waals surface area contributed by atoms with Gasteiger partial charge in [0.05, 0.1) is 29.3 Å². The number of tetrazole rings is 1. The molecule has 1 aromatic carbocycles. The Hall–Kier alpha value is -2.26. The van der Waals surface area contributed by atoms with Gasteiger partial charge in [-0.05, 0) is 41.8 Å². The third kappa shape index (κ3) is 4.10. The van der Waals surface area contributed by atoms with Gasteiger partial charge in [-0.1, -0.05) is 37.2 Å². The third-order valence-corrected chi connectivity index (χ3v) is 5.87. The Kier molecular flexibility index (Phi) is 6.01. The van der Waals surface area contributed by atoms with Crippen molar-refractivity contribution in [3.05, 3.63) is 40.4 Å². The molecule has 148 valence electrons. The molecule has 1 fully saturated rings. The molecule has 0 amide bonds. The maximum Gasteiger partial charge on any atom is 0.262 e. The first kappa shape index (κ1) is 19.1. The summed E-state index contributed by atoms with van der Waals surface area (Å²) in [6, 6.07) is 7.48. The number of aryl methyl sites for hydroxylation is 1. The monoisotopic (exact) mass is 400 g/mol. The fraction of sp³-hybridized carbons (Fsp3) is 0.526. The lowest BCUT2D eigenvalue weighted by Crippen LogP contribution is -2.28. The van der Waals surface area contributed by atoms with Crippen LogP contribution in [0.25, 0.3) is 10.9 Å². The molecule has 1 atom stereocenters. The fourth-order valence-corrected chi connectivity index (χ4v) is 4.29. The molecule has 4 rings (SSSR count). The van der Waals surface area contributed by atoms with Gasteiger partial charge in [-0.15, -0.1) is 5.10 Å². The van der Waals surface area contributed by atoms with Crippen LogP contribution in [0.2, 0.25) is 0 Å². The number of ether oxygens (including phenoxy) is 1. The first-order chi connectivity index (χ1) is 13.8. The lowest BCUT2D eigenvalue weighted by molar-refractivity contribution is 0.0937. The quantitative estimate of drug-likeness (QED) is 0.424. The van der Waals surface area contributed by atoms with Gasteiger partial charge in [-0.3, -0.25) is 9.36 Å². The summed E-state index contributed by atoms with van der Waals surface area (Å²) in [5, 5.41) is 13.3. The highest BCUT2D eigenvalue weighted by Gasteiger charge is 2.20. The van der Waals surface area contributed by atoms with Crippen molar-refractivity contribution in [3.8, 4) is 0 Å². The van der Waals surface area contributed by atoms with Crippen LogP contribution in [-0.2, 0) is 23.6 Å². The Morgan fingerprint density at radius 2 is 2.21 bits per heavy atom. The van der Waals surface area contributed by atoms with Crippen molar-refractivity contribution < 1.29 is 4.74 Å². The molecule has 0 radical (unpaired) electrons. The van der Waals surface area contributed by atoms with Crippen LogP contribution >= 0.6 is 11.8 Å². The highest BCUT2D eigenvalue weighted by molar-refractivity contribution is 7.98. The summed E-state index contributed by atoms with van der Waals surface area (Å²) in [6.07, 6.45) is 4.18. The van der Waals surface area contributed by atoms with Crippen molar-refractivity contribution in [3.63, 3.8) is 0 Å². The lowest BCUT2D eigenvalue weighted by Gasteiger charge is -2.16. The maximum absolute atomic E-state index is 13.1. The molecule has 1 aliphatic heterocycles. The molecule has 0 saturated carbocycles. The average Bonchev–Trinajstić information content (AvgIpc) is 3.39. The van der Waals surface area contributed by atoms with Crippen LogP contribution in [0.1, 0.15) is 38.4 Å². The van der Waals surface area contributed by atoms with Gasteiger partial charge in [0.1, 0.15) is 0 Å². The molecular formula is C19H24N6O2S. The van der Waals surface area contributed by atoms with E-state index in [1.165, 1.54) is 11.8 Å². The summed E-state index contributed by atoms with van der Waals surface area (Å²) in [4.78, 5) is 17.9. The summed E-state index contributed by atoms with van der Waals surface area (Å²) in [5.74, 6) is 1.36. The number of hydrogen-bond acceptors (Lipinski definition) is 7.